The first-order valence-corrected chi connectivity index (χ1v) is 5.62. The second kappa shape index (κ2) is 5.30. The van der Waals surface area contributed by atoms with Crippen molar-refractivity contribution in [1.29, 1.82) is 0 Å². The quantitative estimate of drug-likeness (QED) is 0.484. The Hall–Kier alpha value is -2.09. The molecule has 17 heavy (non-hydrogen) atoms. The predicted octanol–water partition coefficient (Wildman–Crippen LogP) is 3.42. The summed E-state index contributed by atoms with van der Waals surface area (Å²) >= 11 is 0. The molecule has 0 unspecified atom stereocenters. The van der Waals surface area contributed by atoms with Gasteiger partial charge in [-0.2, -0.15) is 0 Å². The third-order valence-corrected chi connectivity index (χ3v) is 2.85. The van der Waals surface area contributed by atoms with Crippen molar-refractivity contribution in [3.63, 3.8) is 0 Å². The zero-order valence-corrected chi connectivity index (χ0v) is 9.80. The van der Waals surface area contributed by atoms with E-state index < -0.39 is 0 Å². The number of benzene rings is 2. The SMILES string of the molecule is Cc1ccccc1CC(=NO)c1ccccc1. The number of rotatable bonds is 3. The van der Waals surface area contributed by atoms with E-state index in [0.717, 1.165) is 5.56 Å². The molecule has 1 N–H and O–H groups in total. The Morgan fingerprint density at radius 3 is 2.29 bits per heavy atom. The Morgan fingerprint density at radius 1 is 1.00 bits per heavy atom. The molecular weight excluding hydrogens is 210 g/mol. The van der Waals surface area contributed by atoms with Gasteiger partial charge in [-0.15, -0.1) is 0 Å². The van der Waals surface area contributed by atoms with E-state index in [1.165, 1.54) is 11.1 Å². The van der Waals surface area contributed by atoms with Crippen molar-refractivity contribution in [3.8, 4) is 0 Å². The molecule has 2 aromatic carbocycles. The van der Waals surface area contributed by atoms with Crippen molar-refractivity contribution in [2.24, 2.45) is 5.16 Å². The molecule has 2 nitrogen and oxygen atoms in total. The Labute approximate surface area is 101 Å². The lowest BCUT2D eigenvalue weighted by Crippen LogP contribution is -2.06. The minimum absolute atomic E-state index is 0.646. The minimum Gasteiger partial charge on any atom is -0.411 e. The van der Waals surface area contributed by atoms with Gasteiger partial charge in [0.25, 0.3) is 0 Å². The number of nitrogens with zero attached hydrogens (tertiary/aromatic N) is 1. The van der Waals surface area contributed by atoms with Gasteiger partial charge in [-0.1, -0.05) is 59.8 Å². The largest absolute Gasteiger partial charge is 0.411 e. The average Bonchev–Trinajstić information content (AvgIpc) is 2.39. The zero-order valence-electron chi connectivity index (χ0n) is 9.80. The summed E-state index contributed by atoms with van der Waals surface area (Å²) in [7, 11) is 0. The molecule has 0 fully saturated rings. The molecule has 0 aliphatic carbocycles. The van der Waals surface area contributed by atoms with Gasteiger partial charge in [-0.3, -0.25) is 0 Å². The topological polar surface area (TPSA) is 32.6 Å². The fourth-order valence-corrected chi connectivity index (χ4v) is 1.81. The first kappa shape index (κ1) is 11.4. The van der Waals surface area contributed by atoms with Gasteiger partial charge in [-0.05, 0) is 23.6 Å². The minimum atomic E-state index is 0.646. The van der Waals surface area contributed by atoms with Crippen LogP contribution in [0.15, 0.2) is 59.8 Å². The summed E-state index contributed by atoms with van der Waals surface area (Å²) in [5.41, 5.74) is 4.05. The summed E-state index contributed by atoms with van der Waals surface area (Å²) in [4.78, 5) is 0. The van der Waals surface area contributed by atoms with Crippen molar-refractivity contribution in [1.82, 2.24) is 0 Å². The highest BCUT2D eigenvalue weighted by Gasteiger charge is 2.06. The molecule has 0 saturated heterocycles. The highest BCUT2D eigenvalue weighted by molar-refractivity contribution is 6.01. The van der Waals surface area contributed by atoms with Crippen LogP contribution in [-0.2, 0) is 6.42 Å². The molecule has 0 aliphatic rings. The van der Waals surface area contributed by atoms with E-state index in [-0.39, 0.29) is 0 Å². The van der Waals surface area contributed by atoms with Crippen molar-refractivity contribution >= 4 is 5.71 Å². The van der Waals surface area contributed by atoms with Crippen LogP contribution in [0, 0.1) is 6.92 Å². The van der Waals surface area contributed by atoms with E-state index in [1.54, 1.807) is 0 Å². The van der Waals surface area contributed by atoms with E-state index in [4.69, 9.17) is 5.21 Å². The Balaban J connectivity index is 2.26. The average molecular weight is 225 g/mol. The normalized spacial score (nSPS) is 11.5. The number of hydrogen-bond acceptors (Lipinski definition) is 2. The van der Waals surface area contributed by atoms with E-state index in [1.807, 2.05) is 42.5 Å². The van der Waals surface area contributed by atoms with E-state index in [2.05, 4.69) is 24.2 Å². The highest BCUT2D eigenvalue weighted by Crippen LogP contribution is 2.12. The molecular formula is C15H15NO. The van der Waals surface area contributed by atoms with Crippen molar-refractivity contribution < 1.29 is 5.21 Å². The van der Waals surface area contributed by atoms with Crippen molar-refractivity contribution in [2.75, 3.05) is 0 Å². The lowest BCUT2D eigenvalue weighted by atomic mass is 9.99. The summed E-state index contributed by atoms with van der Waals surface area (Å²) in [6.45, 7) is 2.06. The summed E-state index contributed by atoms with van der Waals surface area (Å²) in [5, 5.41) is 12.5. The van der Waals surface area contributed by atoms with Crippen LogP contribution in [0.3, 0.4) is 0 Å². The van der Waals surface area contributed by atoms with Gasteiger partial charge in [-0.25, -0.2) is 0 Å². The second-order valence-electron chi connectivity index (χ2n) is 4.02. The van der Waals surface area contributed by atoms with E-state index >= 15 is 0 Å². The maximum Gasteiger partial charge on any atom is 0.0911 e. The van der Waals surface area contributed by atoms with Crippen molar-refractivity contribution in [2.45, 2.75) is 13.3 Å². The summed E-state index contributed by atoms with van der Waals surface area (Å²) in [6.07, 6.45) is 0.646. The second-order valence-corrected chi connectivity index (χ2v) is 4.02. The van der Waals surface area contributed by atoms with Gasteiger partial charge in [0.2, 0.25) is 0 Å². The molecule has 0 heterocycles. The fraction of sp³-hybridized carbons (Fsp3) is 0.133. The van der Waals surface area contributed by atoms with Gasteiger partial charge < -0.3 is 5.21 Å². The molecule has 0 spiro atoms. The molecule has 2 aromatic rings. The molecule has 0 saturated carbocycles. The van der Waals surface area contributed by atoms with E-state index in [0.29, 0.717) is 12.1 Å². The Kier molecular flexibility index (Phi) is 3.55. The van der Waals surface area contributed by atoms with Gasteiger partial charge in [0.15, 0.2) is 0 Å². The standard InChI is InChI=1S/C15H15NO/c1-12-7-5-6-10-14(12)11-15(16-17)13-8-3-2-4-9-13/h2-10,17H,11H2,1H3. The maximum atomic E-state index is 9.12. The molecule has 0 radical (unpaired) electrons. The summed E-state index contributed by atoms with van der Waals surface area (Å²) in [5.74, 6) is 0. The molecule has 0 aliphatic heterocycles. The Morgan fingerprint density at radius 2 is 1.65 bits per heavy atom. The molecule has 86 valence electrons. The van der Waals surface area contributed by atoms with Gasteiger partial charge in [0.05, 0.1) is 5.71 Å². The monoisotopic (exact) mass is 225 g/mol. The van der Waals surface area contributed by atoms with Crippen LogP contribution in [0.25, 0.3) is 0 Å². The van der Waals surface area contributed by atoms with Gasteiger partial charge in [0, 0.05) is 6.42 Å². The van der Waals surface area contributed by atoms with Crippen LogP contribution in [0.4, 0.5) is 0 Å². The Bertz CT molecular complexity index is 517. The fourth-order valence-electron chi connectivity index (χ4n) is 1.81. The van der Waals surface area contributed by atoms with Gasteiger partial charge in [0.1, 0.15) is 0 Å². The molecule has 0 atom stereocenters. The number of oxime groups is 1. The molecule has 0 bridgehead atoms. The third kappa shape index (κ3) is 2.72. The van der Waals surface area contributed by atoms with Crippen LogP contribution in [0.1, 0.15) is 16.7 Å². The lowest BCUT2D eigenvalue weighted by Gasteiger charge is -2.07. The number of aryl methyl sites for hydroxylation is 1. The van der Waals surface area contributed by atoms with Crippen LogP contribution in [0.5, 0.6) is 0 Å². The van der Waals surface area contributed by atoms with Crippen LogP contribution >= 0.6 is 0 Å². The first-order chi connectivity index (χ1) is 8.31. The molecule has 2 rings (SSSR count). The zero-order chi connectivity index (χ0) is 12.1. The third-order valence-electron chi connectivity index (χ3n) is 2.85. The molecule has 0 amide bonds. The lowest BCUT2D eigenvalue weighted by molar-refractivity contribution is 0.318. The smallest absolute Gasteiger partial charge is 0.0911 e. The molecule has 2 heteroatoms. The highest BCUT2D eigenvalue weighted by atomic mass is 16.4. The van der Waals surface area contributed by atoms with Crippen LogP contribution < -0.4 is 0 Å². The summed E-state index contributed by atoms with van der Waals surface area (Å²) in [6, 6.07) is 17.9. The number of hydrogen-bond donors (Lipinski definition) is 1. The first-order valence-electron chi connectivity index (χ1n) is 5.62. The van der Waals surface area contributed by atoms with Gasteiger partial charge >= 0.3 is 0 Å². The summed E-state index contributed by atoms with van der Waals surface area (Å²) < 4.78 is 0. The van der Waals surface area contributed by atoms with Crippen molar-refractivity contribution in [3.05, 3.63) is 71.3 Å². The van der Waals surface area contributed by atoms with Crippen LogP contribution in [-0.4, -0.2) is 10.9 Å². The van der Waals surface area contributed by atoms with Crippen LogP contribution in [0.2, 0.25) is 0 Å². The predicted molar refractivity (Wildman–Crippen MR) is 69.6 cm³/mol. The van der Waals surface area contributed by atoms with E-state index in [9.17, 15) is 0 Å². The maximum absolute atomic E-state index is 9.12. The molecule has 0 aromatic heterocycles.